The van der Waals surface area contributed by atoms with Crippen molar-refractivity contribution in [3.63, 3.8) is 0 Å². The summed E-state index contributed by atoms with van der Waals surface area (Å²) in [5.41, 5.74) is 6.30. The molecule has 0 radical (unpaired) electrons. The summed E-state index contributed by atoms with van der Waals surface area (Å²) >= 11 is 6.79. The van der Waals surface area contributed by atoms with E-state index < -0.39 is 37.1 Å². The molecule has 4 rings (SSSR count). The number of ether oxygens (including phenoxy) is 1. The highest BCUT2D eigenvalue weighted by molar-refractivity contribution is 6.32. The van der Waals surface area contributed by atoms with Crippen LogP contribution in [0.15, 0.2) is 30.3 Å². The lowest BCUT2D eigenvalue weighted by molar-refractivity contribution is -0.231. The molecule has 1 saturated heterocycles. The number of fused-ring (bicyclic) bond motifs is 1. The number of halogens is 1. The highest BCUT2D eigenvalue weighted by atomic mass is 35.5. The van der Waals surface area contributed by atoms with E-state index in [-0.39, 0.29) is 0 Å². The molecule has 2 aliphatic rings. The molecule has 1 fully saturated rings. The van der Waals surface area contributed by atoms with Crippen LogP contribution in [-0.4, -0.2) is 51.4 Å². The zero-order chi connectivity index (χ0) is 21.4. The maximum Gasteiger partial charge on any atom is 0.113 e. The molecule has 0 aromatic heterocycles. The fourth-order valence-electron chi connectivity index (χ4n) is 4.69. The molecule has 0 amide bonds. The Hall–Kier alpha value is -1.47. The number of aliphatic hydroxyl groups is 4. The van der Waals surface area contributed by atoms with Gasteiger partial charge in [0.15, 0.2) is 0 Å². The molecule has 0 unspecified atom stereocenters. The second-order valence-electron chi connectivity index (χ2n) is 8.35. The van der Waals surface area contributed by atoms with Crippen LogP contribution < -0.4 is 0 Å². The monoisotopic (exact) mass is 432 g/mol. The van der Waals surface area contributed by atoms with Crippen molar-refractivity contribution in [2.24, 2.45) is 0 Å². The molecule has 0 saturated carbocycles. The molecule has 5 nitrogen and oxygen atoms in total. The zero-order valence-corrected chi connectivity index (χ0v) is 17.8. The van der Waals surface area contributed by atoms with E-state index in [1.54, 1.807) is 0 Å². The Kier molecular flexibility index (Phi) is 6.49. The summed E-state index contributed by atoms with van der Waals surface area (Å²) in [7, 11) is 0. The number of rotatable bonds is 5. The molecule has 5 atom stereocenters. The fourth-order valence-corrected chi connectivity index (χ4v) is 5.02. The van der Waals surface area contributed by atoms with Gasteiger partial charge in [0.2, 0.25) is 0 Å². The Balaban J connectivity index is 1.73. The van der Waals surface area contributed by atoms with Gasteiger partial charge in [0.1, 0.15) is 30.5 Å². The highest BCUT2D eigenvalue weighted by Gasteiger charge is 2.45. The van der Waals surface area contributed by atoms with Gasteiger partial charge in [-0.25, -0.2) is 0 Å². The average molecular weight is 433 g/mol. The summed E-state index contributed by atoms with van der Waals surface area (Å²) < 4.78 is 5.86. The zero-order valence-electron chi connectivity index (χ0n) is 17.1. The van der Waals surface area contributed by atoms with Gasteiger partial charge < -0.3 is 25.2 Å². The van der Waals surface area contributed by atoms with Crippen molar-refractivity contribution in [3.8, 4) is 0 Å². The smallest absolute Gasteiger partial charge is 0.113 e. The Labute approximate surface area is 181 Å². The lowest BCUT2D eigenvalue weighted by Gasteiger charge is -2.41. The minimum Gasteiger partial charge on any atom is -0.394 e. The van der Waals surface area contributed by atoms with Crippen molar-refractivity contribution in [1.82, 2.24) is 0 Å². The lowest BCUT2D eigenvalue weighted by Crippen LogP contribution is -2.55. The molecular formula is C24H29ClO5. The van der Waals surface area contributed by atoms with Gasteiger partial charge in [0, 0.05) is 5.02 Å². The van der Waals surface area contributed by atoms with Gasteiger partial charge in [-0.05, 0) is 65.5 Å². The van der Waals surface area contributed by atoms with Crippen LogP contribution in [0.25, 0.3) is 0 Å². The molecule has 1 heterocycles. The van der Waals surface area contributed by atoms with Gasteiger partial charge in [0.25, 0.3) is 0 Å². The summed E-state index contributed by atoms with van der Waals surface area (Å²) in [6, 6.07) is 10.4. The molecule has 2 aromatic rings. The summed E-state index contributed by atoms with van der Waals surface area (Å²) in [6.07, 6.45) is -1.50. The Morgan fingerprint density at radius 3 is 2.30 bits per heavy atom. The van der Waals surface area contributed by atoms with Gasteiger partial charge >= 0.3 is 0 Å². The Morgan fingerprint density at radius 2 is 1.63 bits per heavy atom. The van der Waals surface area contributed by atoms with Crippen molar-refractivity contribution >= 4 is 11.6 Å². The van der Waals surface area contributed by atoms with Crippen LogP contribution in [0.4, 0.5) is 0 Å². The molecule has 4 N–H and O–H groups in total. The third-order valence-electron chi connectivity index (χ3n) is 6.47. The first kappa shape index (κ1) is 21.8. The van der Waals surface area contributed by atoms with E-state index in [1.165, 1.54) is 5.56 Å². The van der Waals surface area contributed by atoms with Crippen LogP contribution in [0.5, 0.6) is 0 Å². The maximum absolute atomic E-state index is 10.7. The van der Waals surface area contributed by atoms with E-state index in [9.17, 15) is 20.4 Å². The predicted octanol–water partition coefficient (Wildman–Crippen LogP) is 2.50. The summed E-state index contributed by atoms with van der Waals surface area (Å²) in [5.74, 6) is 0. The van der Waals surface area contributed by atoms with Crippen molar-refractivity contribution in [2.45, 2.75) is 69.5 Å². The maximum atomic E-state index is 10.7. The first-order valence-electron chi connectivity index (χ1n) is 10.7. The Bertz CT molecular complexity index is 895. The number of aryl methyl sites for hydroxylation is 1. The van der Waals surface area contributed by atoms with E-state index in [0.717, 1.165) is 58.5 Å². The average Bonchev–Trinajstić information content (AvgIpc) is 3.26. The van der Waals surface area contributed by atoms with Crippen molar-refractivity contribution in [3.05, 3.63) is 68.7 Å². The van der Waals surface area contributed by atoms with Gasteiger partial charge in [-0.1, -0.05) is 48.9 Å². The SMILES string of the molecule is CCc1ccc(Cc2cc([C@H]3O[C@@H](CO)[C@H](O)[C@@H](O)[C@@H]3O)c3c(c2Cl)CCC3)cc1. The van der Waals surface area contributed by atoms with E-state index >= 15 is 0 Å². The van der Waals surface area contributed by atoms with E-state index in [2.05, 4.69) is 31.2 Å². The van der Waals surface area contributed by atoms with Gasteiger partial charge in [-0.3, -0.25) is 0 Å². The quantitative estimate of drug-likeness (QED) is 0.583. The predicted molar refractivity (Wildman–Crippen MR) is 115 cm³/mol. The van der Waals surface area contributed by atoms with E-state index in [4.69, 9.17) is 16.3 Å². The third-order valence-corrected chi connectivity index (χ3v) is 6.94. The molecule has 0 spiro atoms. The van der Waals surface area contributed by atoms with Crippen LogP contribution in [-0.2, 0) is 30.4 Å². The highest BCUT2D eigenvalue weighted by Crippen LogP contribution is 2.42. The number of hydrogen-bond acceptors (Lipinski definition) is 5. The van der Waals surface area contributed by atoms with Crippen LogP contribution >= 0.6 is 11.6 Å². The molecule has 6 heteroatoms. The van der Waals surface area contributed by atoms with Crippen LogP contribution in [0, 0.1) is 0 Å². The summed E-state index contributed by atoms with van der Waals surface area (Å²) in [5, 5.41) is 41.4. The van der Waals surface area contributed by atoms with Gasteiger partial charge in [0.05, 0.1) is 6.61 Å². The fraction of sp³-hybridized carbons (Fsp3) is 0.500. The molecule has 1 aliphatic heterocycles. The van der Waals surface area contributed by atoms with Crippen molar-refractivity contribution < 1.29 is 25.2 Å². The molecule has 1 aliphatic carbocycles. The number of benzene rings is 2. The van der Waals surface area contributed by atoms with Crippen molar-refractivity contribution in [2.75, 3.05) is 6.61 Å². The minimum atomic E-state index is -1.39. The minimum absolute atomic E-state index is 0.437. The van der Waals surface area contributed by atoms with Crippen LogP contribution in [0.3, 0.4) is 0 Å². The molecule has 30 heavy (non-hydrogen) atoms. The first-order valence-corrected chi connectivity index (χ1v) is 11.0. The van der Waals surface area contributed by atoms with Gasteiger partial charge in [-0.15, -0.1) is 0 Å². The lowest BCUT2D eigenvalue weighted by atomic mass is 9.86. The molecular weight excluding hydrogens is 404 g/mol. The topological polar surface area (TPSA) is 90.2 Å². The molecule has 2 aromatic carbocycles. The summed E-state index contributed by atoms with van der Waals surface area (Å²) in [4.78, 5) is 0. The van der Waals surface area contributed by atoms with Crippen molar-refractivity contribution in [1.29, 1.82) is 0 Å². The van der Waals surface area contributed by atoms with Crippen LogP contribution in [0.1, 0.15) is 52.8 Å². The third kappa shape index (κ3) is 3.91. The summed E-state index contributed by atoms with van der Waals surface area (Å²) in [6.45, 7) is 1.69. The normalized spacial score (nSPS) is 28.5. The molecule has 0 bridgehead atoms. The first-order chi connectivity index (χ1) is 14.4. The van der Waals surface area contributed by atoms with Gasteiger partial charge in [-0.2, -0.15) is 0 Å². The number of hydrogen-bond donors (Lipinski definition) is 4. The van der Waals surface area contributed by atoms with Crippen LogP contribution in [0.2, 0.25) is 5.02 Å². The van der Waals surface area contributed by atoms with E-state index in [0.29, 0.717) is 6.42 Å². The second kappa shape index (κ2) is 8.95. The second-order valence-corrected chi connectivity index (χ2v) is 8.72. The Morgan fingerprint density at radius 1 is 0.967 bits per heavy atom. The standard InChI is InChI=1S/C24H29ClO5/c1-2-13-6-8-14(9-7-13)10-15-11-18(16-4-3-5-17(16)20(15)25)24-23(29)22(28)21(27)19(12-26)30-24/h6-9,11,19,21-24,26-29H,2-5,10,12H2,1H3/t19-,21-,22+,23-,24+/m0/s1. The molecule has 162 valence electrons. The number of aliphatic hydroxyl groups excluding tert-OH is 4. The van der Waals surface area contributed by atoms with E-state index in [1.807, 2.05) is 6.07 Å². The largest absolute Gasteiger partial charge is 0.394 e.